The third-order valence-corrected chi connectivity index (χ3v) is 5.51. The molecule has 3 rings (SSSR count). The number of rotatable bonds is 10. The summed E-state index contributed by atoms with van der Waals surface area (Å²) in [6.45, 7) is 8.26. The van der Waals surface area contributed by atoms with Crippen molar-refractivity contribution in [3.63, 3.8) is 0 Å². The van der Waals surface area contributed by atoms with E-state index in [-0.39, 0.29) is 19.0 Å². The summed E-state index contributed by atoms with van der Waals surface area (Å²) in [7, 11) is 0. The quantitative estimate of drug-likeness (QED) is 0.343. The fraction of sp³-hybridized carbons (Fsp3) is 0.310. The standard InChI is InChI=1S/C29H32O5/c1-5-32-28(30)15-11-24-18-25(34-19-29(31)33-6-2)12-14-27(24)23-10-13-26(21(4)17-23)22-9-7-8-20(3)16-22/h7-10,12-14,16-18H,5-6,11,15,19H2,1-4H3. The number of carbonyl (C=O) groups excluding carboxylic acids is 2. The molecule has 0 N–H and O–H groups in total. The Morgan fingerprint density at radius 2 is 1.47 bits per heavy atom. The summed E-state index contributed by atoms with van der Waals surface area (Å²) in [6.07, 6.45) is 0.770. The van der Waals surface area contributed by atoms with Crippen LogP contribution in [0.3, 0.4) is 0 Å². The van der Waals surface area contributed by atoms with Crippen LogP contribution in [0.5, 0.6) is 5.75 Å². The fourth-order valence-electron chi connectivity index (χ4n) is 3.93. The molecule has 0 fully saturated rings. The minimum Gasteiger partial charge on any atom is -0.482 e. The van der Waals surface area contributed by atoms with E-state index in [2.05, 4.69) is 56.3 Å². The van der Waals surface area contributed by atoms with Gasteiger partial charge in [0, 0.05) is 6.42 Å². The molecule has 5 heteroatoms. The second-order valence-electron chi connectivity index (χ2n) is 8.12. The van der Waals surface area contributed by atoms with Crippen molar-refractivity contribution < 1.29 is 23.8 Å². The van der Waals surface area contributed by atoms with Gasteiger partial charge in [-0.15, -0.1) is 0 Å². The predicted molar refractivity (Wildman–Crippen MR) is 134 cm³/mol. The number of esters is 2. The highest BCUT2D eigenvalue weighted by molar-refractivity contribution is 5.77. The van der Waals surface area contributed by atoms with Crippen LogP contribution in [0.4, 0.5) is 0 Å². The minimum atomic E-state index is -0.415. The number of aryl methyl sites for hydroxylation is 3. The van der Waals surface area contributed by atoms with Gasteiger partial charge in [-0.05, 0) is 79.6 Å². The molecule has 0 aromatic heterocycles. The van der Waals surface area contributed by atoms with E-state index in [4.69, 9.17) is 14.2 Å². The average molecular weight is 461 g/mol. The summed E-state index contributed by atoms with van der Waals surface area (Å²) in [5.41, 5.74) is 7.81. The van der Waals surface area contributed by atoms with E-state index >= 15 is 0 Å². The van der Waals surface area contributed by atoms with Gasteiger partial charge in [-0.2, -0.15) is 0 Å². The van der Waals surface area contributed by atoms with Crippen LogP contribution < -0.4 is 4.74 Å². The topological polar surface area (TPSA) is 61.8 Å². The summed E-state index contributed by atoms with van der Waals surface area (Å²) in [4.78, 5) is 23.7. The van der Waals surface area contributed by atoms with Gasteiger partial charge in [0.15, 0.2) is 6.61 Å². The van der Waals surface area contributed by atoms with Crippen LogP contribution in [0.15, 0.2) is 60.7 Å². The number of hydrogen-bond donors (Lipinski definition) is 0. The van der Waals surface area contributed by atoms with E-state index in [0.717, 1.165) is 16.7 Å². The fourth-order valence-corrected chi connectivity index (χ4v) is 3.93. The molecular formula is C29H32O5. The Labute approximate surface area is 201 Å². The Morgan fingerprint density at radius 3 is 2.18 bits per heavy atom. The molecule has 34 heavy (non-hydrogen) atoms. The molecule has 0 unspecified atom stereocenters. The lowest BCUT2D eigenvalue weighted by Crippen LogP contribution is -2.14. The van der Waals surface area contributed by atoms with E-state index in [0.29, 0.717) is 25.4 Å². The summed E-state index contributed by atoms with van der Waals surface area (Å²) >= 11 is 0. The smallest absolute Gasteiger partial charge is 0.344 e. The third kappa shape index (κ3) is 6.70. The van der Waals surface area contributed by atoms with Gasteiger partial charge < -0.3 is 14.2 Å². The normalized spacial score (nSPS) is 10.6. The van der Waals surface area contributed by atoms with Crippen molar-refractivity contribution in [3.05, 3.63) is 77.4 Å². The van der Waals surface area contributed by atoms with Gasteiger partial charge in [-0.25, -0.2) is 4.79 Å². The predicted octanol–water partition coefficient (Wildman–Crippen LogP) is 6.08. The molecular weight excluding hydrogens is 428 g/mol. The lowest BCUT2D eigenvalue weighted by molar-refractivity contribution is -0.145. The Bertz CT molecular complexity index is 1150. The van der Waals surface area contributed by atoms with E-state index in [1.165, 1.54) is 22.3 Å². The summed E-state index contributed by atoms with van der Waals surface area (Å²) in [5, 5.41) is 0. The molecule has 3 aromatic rings. The van der Waals surface area contributed by atoms with Crippen molar-refractivity contribution in [3.8, 4) is 28.0 Å². The van der Waals surface area contributed by atoms with Crippen LogP contribution in [0.2, 0.25) is 0 Å². The highest BCUT2D eigenvalue weighted by Crippen LogP contribution is 2.33. The maximum atomic E-state index is 12.0. The van der Waals surface area contributed by atoms with Crippen molar-refractivity contribution in [2.45, 2.75) is 40.5 Å². The number of ether oxygens (including phenoxy) is 3. The molecule has 178 valence electrons. The van der Waals surface area contributed by atoms with Gasteiger partial charge in [0.2, 0.25) is 0 Å². The van der Waals surface area contributed by atoms with Crippen molar-refractivity contribution >= 4 is 11.9 Å². The second kappa shape index (κ2) is 12.0. The first-order chi connectivity index (χ1) is 16.4. The molecule has 0 bridgehead atoms. The monoisotopic (exact) mass is 460 g/mol. The second-order valence-corrected chi connectivity index (χ2v) is 8.12. The van der Waals surface area contributed by atoms with Gasteiger partial charge in [-0.3, -0.25) is 4.79 Å². The zero-order valence-electron chi connectivity index (χ0n) is 20.4. The average Bonchev–Trinajstić information content (AvgIpc) is 2.82. The molecule has 0 radical (unpaired) electrons. The van der Waals surface area contributed by atoms with Gasteiger partial charge in [0.1, 0.15) is 5.75 Å². The molecule has 0 amide bonds. The van der Waals surface area contributed by atoms with Crippen LogP contribution in [0, 0.1) is 13.8 Å². The van der Waals surface area contributed by atoms with Crippen molar-refractivity contribution in [1.29, 1.82) is 0 Å². The first-order valence-electron chi connectivity index (χ1n) is 11.7. The van der Waals surface area contributed by atoms with Crippen molar-refractivity contribution in [2.24, 2.45) is 0 Å². The lowest BCUT2D eigenvalue weighted by Gasteiger charge is -2.15. The number of carbonyl (C=O) groups is 2. The molecule has 0 saturated heterocycles. The largest absolute Gasteiger partial charge is 0.482 e. The molecule has 0 aliphatic rings. The summed E-state index contributed by atoms with van der Waals surface area (Å²) < 4.78 is 15.7. The van der Waals surface area contributed by atoms with Gasteiger partial charge >= 0.3 is 11.9 Å². The van der Waals surface area contributed by atoms with Gasteiger partial charge in [0.25, 0.3) is 0 Å². The Kier molecular flexibility index (Phi) is 8.86. The molecule has 5 nitrogen and oxygen atoms in total. The molecule has 0 aliphatic heterocycles. The van der Waals surface area contributed by atoms with Crippen LogP contribution in [0.25, 0.3) is 22.3 Å². The highest BCUT2D eigenvalue weighted by atomic mass is 16.6. The SMILES string of the molecule is CCOC(=O)CCc1cc(OCC(=O)OCC)ccc1-c1ccc(-c2cccc(C)c2)c(C)c1. The molecule has 0 atom stereocenters. The zero-order valence-corrected chi connectivity index (χ0v) is 20.4. The van der Waals surface area contributed by atoms with Crippen LogP contribution in [0.1, 0.15) is 37.0 Å². The maximum Gasteiger partial charge on any atom is 0.344 e. The van der Waals surface area contributed by atoms with E-state index < -0.39 is 5.97 Å². The van der Waals surface area contributed by atoms with Crippen LogP contribution in [-0.2, 0) is 25.5 Å². The zero-order chi connectivity index (χ0) is 24.5. The molecule has 3 aromatic carbocycles. The number of hydrogen-bond acceptors (Lipinski definition) is 5. The maximum absolute atomic E-state index is 12.0. The summed E-state index contributed by atoms with van der Waals surface area (Å²) in [5.74, 6) is -0.0944. The first-order valence-corrected chi connectivity index (χ1v) is 11.7. The highest BCUT2D eigenvalue weighted by Gasteiger charge is 2.13. The molecule has 0 aliphatic carbocycles. The third-order valence-electron chi connectivity index (χ3n) is 5.51. The molecule has 0 saturated carbocycles. The van der Waals surface area contributed by atoms with Crippen LogP contribution >= 0.6 is 0 Å². The number of benzene rings is 3. The van der Waals surface area contributed by atoms with Gasteiger partial charge in [0.05, 0.1) is 13.2 Å². The Morgan fingerprint density at radius 1 is 0.765 bits per heavy atom. The van der Waals surface area contributed by atoms with E-state index in [9.17, 15) is 9.59 Å². The minimum absolute atomic E-state index is 0.158. The molecule has 0 spiro atoms. The lowest BCUT2D eigenvalue weighted by atomic mass is 9.92. The van der Waals surface area contributed by atoms with E-state index in [1.807, 2.05) is 18.2 Å². The Hall–Kier alpha value is -3.60. The van der Waals surface area contributed by atoms with Crippen LogP contribution in [-0.4, -0.2) is 31.8 Å². The molecule has 0 heterocycles. The van der Waals surface area contributed by atoms with Gasteiger partial charge in [-0.1, -0.05) is 54.1 Å². The van der Waals surface area contributed by atoms with E-state index in [1.54, 1.807) is 13.8 Å². The first kappa shape index (κ1) is 25.0. The Balaban J connectivity index is 1.91. The van der Waals surface area contributed by atoms with Crippen molar-refractivity contribution in [2.75, 3.05) is 19.8 Å². The summed E-state index contributed by atoms with van der Waals surface area (Å²) in [6, 6.07) is 20.6. The van der Waals surface area contributed by atoms with Crippen molar-refractivity contribution in [1.82, 2.24) is 0 Å².